The molecule has 0 heterocycles. The number of carbonyl (C=O) groups excluding carboxylic acids is 2. The molecule has 0 aliphatic carbocycles. The molecule has 0 unspecified atom stereocenters. The third kappa shape index (κ3) is 5.42. The maximum absolute atomic E-state index is 11.6. The Bertz CT molecular complexity index is 463. The van der Waals surface area contributed by atoms with Crippen LogP contribution in [0.15, 0.2) is 18.2 Å². The second-order valence-electron chi connectivity index (χ2n) is 5.18. The van der Waals surface area contributed by atoms with Gasteiger partial charge in [-0.3, -0.25) is 5.32 Å². The Morgan fingerprint density at radius 3 is 2.68 bits per heavy atom. The number of hydrogen-bond acceptors (Lipinski definition) is 4. The number of aromatic hydroxyl groups is 1. The number of aryl methyl sites for hydroxylation is 1. The van der Waals surface area contributed by atoms with Crippen LogP contribution in [0.5, 0.6) is 5.75 Å². The highest BCUT2D eigenvalue weighted by Gasteiger charge is 2.16. The first kappa shape index (κ1) is 15.0. The Morgan fingerprint density at radius 1 is 1.42 bits per heavy atom. The van der Waals surface area contributed by atoms with Crippen LogP contribution in [-0.4, -0.2) is 23.1 Å². The van der Waals surface area contributed by atoms with E-state index in [2.05, 4.69) is 5.32 Å². The Labute approximate surface area is 112 Å². The van der Waals surface area contributed by atoms with Crippen LogP contribution in [0.2, 0.25) is 0 Å². The second kappa shape index (κ2) is 6.22. The molecule has 1 rings (SSSR count). The zero-order chi connectivity index (χ0) is 14.5. The number of anilines is 1. The van der Waals surface area contributed by atoms with E-state index in [1.807, 2.05) is 0 Å². The smallest absolute Gasteiger partial charge is 0.412 e. The van der Waals surface area contributed by atoms with E-state index in [1.54, 1.807) is 32.9 Å². The molecule has 0 radical (unpaired) electrons. The van der Waals surface area contributed by atoms with E-state index in [-0.39, 0.29) is 5.75 Å². The Kier molecular flexibility index (Phi) is 4.92. The molecule has 0 atom stereocenters. The third-order valence-electron chi connectivity index (χ3n) is 2.26. The lowest BCUT2D eigenvalue weighted by Crippen LogP contribution is -2.27. The highest BCUT2D eigenvalue weighted by molar-refractivity contribution is 5.85. The van der Waals surface area contributed by atoms with Gasteiger partial charge in [0.25, 0.3) is 0 Å². The van der Waals surface area contributed by atoms with Crippen molar-refractivity contribution in [1.82, 2.24) is 0 Å². The summed E-state index contributed by atoms with van der Waals surface area (Å²) in [5.74, 6) is 0.108. The van der Waals surface area contributed by atoms with E-state index in [0.29, 0.717) is 24.1 Å². The Morgan fingerprint density at radius 2 is 2.11 bits per heavy atom. The molecule has 5 heteroatoms. The van der Waals surface area contributed by atoms with Gasteiger partial charge in [-0.15, -0.1) is 0 Å². The molecule has 0 fully saturated rings. The van der Waals surface area contributed by atoms with Gasteiger partial charge in [-0.2, -0.15) is 0 Å². The SMILES string of the molecule is CC(C)(C)OC(=O)Nc1ccc(O)c(CCC=O)c1. The number of aldehydes is 1. The number of phenols is 1. The largest absolute Gasteiger partial charge is 0.508 e. The number of phenolic OH excluding ortho intramolecular Hbond substituents is 1. The first-order chi connectivity index (χ1) is 8.81. The average molecular weight is 265 g/mol. The number of nitrogens with one attached hydrogen (secondary N) is 1. The Hall–Kier alpha value is -2.04. The topological polar surface area (TPSA) is 75.6 Å². The minimum absolute atomic E-state index is 0.108. The molecule has 0 aliphatic heterocycles. The average Bonchev–Trinajstić information content (AvgIpc) is 2.27. The van der Waals surface area contributed by atoms with Gasteiger partial charge in [-0.25, -0.2) is 4.79 Å². The third-order valence-corrected chi connectivity index (χ3v) is 2.26. The lowest BCUT2D eigenvalue weighted by molar-refractivity contribution is -0.107. The first-order valence-electron chi connectivity index (χ1n) is 6.07. The molecule has 0 saturated carbocycles. The van der Waals surface area contributed by atoms with Crippen LogP contribution < -0.4 is 5.32 Å². The molecule has 0 aliphatic rings. The fraction of sp³-hybridized carbons (Fsp3) is 0.429. The van der Waals surface area contributed by atoms with Gasteiger partial charge in [0, 0.05) is 12.1 Å². The highest BCUT2D eigenvalue weighted by atomic mass is 16.6. The van der Waals surface area contributed by atoms with Crippen molar-refractivity contribution in [2.45, 2.75) is 39.2 Å². The van der Waals surface area contributed by atoms with E-state index in [9.17, 15) is 14.7 Å². The molecular weight excluding hydrogens is 246 g/mol. The standard InChI is InChI=1S/C14H19NO4/c1-14(2,3)19-13(18)15-11-6-7-12(17)10(9-11)5-4-8-16/h6-9,17H,4-5H2,1-3H3,(H,15,18). The van der Waals surface area contributed by atoms with E-state index in [0.717, 1.165) is 6.29 Å². The number of rotatable bonds is 4. The predicted molar refractivity (Wildman–Crippen MR) is 72.3 cm³/mol. The van der Waals surface area contributed by atoms with Crippen molar-refractivity contribution in [2.75, 3.05) is 5.32 Å². The molecule has 1 aromatic carbocycles. The van der Waals surface area contributed by atoms with Crippen LogP contribution in [0.1, 0.15) is 32.8 Å². The zero-order valence-corrected chi connectivity index (χ0v) is 11.4. The van der Waals surface area contributed by atoms with Gasteiger partial charge in [-0.1, -0.05) is 0 Å². The molecule has 1 amide bonds. The van der Waals surface area contributed by atoms with Gasteiger partial charge in [0.2, 0.25) is 0 Å². The number of amides is 1. The maximum Gasteiger partial charge on any atom is 0.412 e. The second-order valence-corrected chi connectivity index (χ2v) is 5.18. The summed E-state index contributed by atoms with van der Waals surface area (Å²) in [5, 5.41) is 12.2. The minimum atomic E-state index is -0.568. The minimum Gasteiger partial charge on any atom is -0.508 e. The van der Waals surface area contributed by atoms with Crippen molar-refractivity contribution in [3.8, 4) is 5.75 Å². The summed E-state index contributed by atoms with van der Waals surface area (Å²) in [6, 6.07) is 4.68. The first-order valence-corrected chi connectivity index (χ1v) is 6.07. The van der Waals surface area contributed by atoms with Crippen LogP contribution in [0.25, 0.3) is 0 Å². The summed E-state index contributed by atoms with van der Waals surface area (Å²) in [6.45, 7) is 5.33. The van der Waals surface area contributed by atoms with E-state index in [1.165, 1.54) is 6.07 Å². The van der Waals surface area contributed by atoms with Crippen molar-refractivity contribution in [1.29, 1.82) is 0 Å². The zero-order valence-electron chi connectivity index (χ0n) is 11.4. The summed E-state index contributed by atoms with van der Waals surface area (Å²) in [6.07, 6.45) is 0.982. The van der Waals surface area contributed by atoms with E-state index < -0.39 is 11.7 Å². The number of benzene rings is 1. The van der Waals surface area contributed by atoms with Crippen LogP contribution in [0.3, 0.4) is 0 Å². The Balaban J connectivity index is 2.73. The number of ether oxygens (including phenoxy) is 1. The van der Waals surface area contributed by atoms with Crippen LogP contribution >= 0.6 is 0 Å². The fourth-order valence-corrected chi connectivity index (χ4v) is 1.50. The monoisotopic (exact) mass is 265 g/mol. The molecule has 2 N–H and O–H groups in total. The van der Waals surface area contributed by atoms with Crippen molar-refractivity contribution < 1.29 is 19.4 Å². The van der Waals surface area contributed by atoms with Gasteiger partial charge in [-0.05, 0) is 51.0 Å². The number of hydrogen-bond donors (Lipinski definition) is 2. The number of carbonyl (C=O) groups is 2. The van der Waals surface area contributed by atoms with Crippen molar-refractivity contribution in [2.24, 2.45) is 0 Å². The van der Waals surface area contributed by atoms with Gasteiger partial charge >= 0.3 is 6.09 Å². The molecule has 5 nitrogen and oxygen atoms in total. The summed E-state index contributed by atoms with van der Waals surface area (Å²) < 4.78 is 5.12. The van der Waals surface area contributed by atoms with Gasteiger partial charge in [0.1, 0.15) is 17.6 Å². The molecular formula is C14H19NO4. The van der Waals surface area contributed by atoms with Crippen molar-refractivity contribution in [3.05, 3.63) is 23.8 Å². The van der Waals surface area contributed by atoms with Crippen molar-refractivity contribution in [3.63, 3.8) is 0 Å². The van der Waals surface area contributed by atoms with Gasteiger partial charge in [0.05, 0.1) is 0 Å². The molecule has 0 bridgehead atoms. The predicted octanol–water partition coefficient (Wildman–Crippen LogP) is 2.87. The van der Waals surface area contributed by atoms with Crippen LogP contribution in [0.4, 0.5) is 10.5 Å². The molecule has 0 aromatic heterocycles. The summed E-state index contributed by atoms with van der Waals surface area (Å²) in [7, 11) is 0. The normalized spacial score (nSPS) is 10.9. The molecule has 104 valence electrons. The summed E-state index contributed by atoms with van der Waals surface area (Å²) in [5.41, 5.74) is 0.565. The molecule has 0 saturated heterocycles. The molecule has 0 spiro atoms. The molecule has 1 aromatic rings. The highest BCUT2D eigenvalue weighted by Crippen LogP contribution is 2.23. The van der Waals surface area contributed by atoms with E-state index in [4.69, 9.17) is 4.74 Å². The van der Waals surface area contributed by atoms with Gasteiger partial charge < -0.3 is 14.6 Å². The maximum atomic E-state index is 11.6. The van der Waals surface area contributed by atoms with Crippen LogP contribution in [-0.2, 0) is 16.0 Å². The van der Waals surface area contributed by atoms with Gasteiger partial charge in [0.15, 0.2) is 0 Å². The van der Waals surface area contributed by atoms with E-state index >= 15 is 0 Å². The van der Waals surface area contributed by atoms with Crippen LogP contribution in [0, 0.1) is 0 Å². The van der Waals surface area contributed by atoms with Crippen molar-refractivity contribution >= 4 is 18.1 Å². The summed E-state index contributed by atoms with van der Waals surface area (Å²) >= 11 is 0. The lowest BCUT2D eigenvalue weighted by atomic mass is 10.1. The summed E-state index contributed by atoms with van der Waals surface area (Å²) in [4.78, 5) is 21.9. The molecule has 19 heavy (non-hydrogen) atoms. The quantitative estimate of drug-likeness (QED) is 0.648. The lowest BCUT2D eigenvalue weighted by Gasteiger charge is -2.19. The fourth-order valence-electron chi connectivity index (χ4n) is 1.50.